The Morgan fingerprint density at radius 2 is 2.00 bits per heavy atom. The molecule has 2 rings (SSSR count). The van der Waals surface area contributed by atoms with Gasteiger partial charge < -0.3 is 9.88 Å². The second-order valence-electron chi connectivity index (χ2n) is 4.86. The van der Waals surface area contributed by atoms with Crippen LogP contribution in [0.15, 0.2) is 45.5 Å². The van der Waals surface area contributed by atoms with E-state index >= 15 is 0 Å². The molecular formula is C15H16Br2N2O. The molecule has 1 N–H and O–H groups in total. The minimum absolute atomic E-state index is 0.0654. The zero-order valence-electron chi connectivity index (χ0n) is 11.4. The average molecular weight is 400 g/mol. The van der Waals surface area contributed by atoms with Crippen LogP contribution in [0, 0.1) is 0 Å². The summed E-state index contributed by atoms with van der Waals surface area (Å²) in [6.45, 7) is 4.62. The highest BCUT2D eigenvalue weighted by molar-refractivity contribution is 9.10. The van der Waals surface area contributed by atoms with Crippen molar-refractivity contribution in [2.45, 2.75) is 26.4 Å². The lowest BCUT2D eigenvalue weighted by Gasteiger charge is -2.12. The van der Waals surface area contributed by atoms with Gasteiger partial charge in [-0.25, -0.2) is 0 Å². The molecule has 106 valence electrons. The Morgan fingerprint density at radius 1 is 1.25 bits per heavy atom. The Kier molecular flexibility index (Phi) is 5.05. The van der Waals surface area contributed by atoms with Crippen molar-refractivity contribution in [3.8, 4) is 0 Å². The number of nitrogens with one attached hydrogen (secondary N) is 1. The number of hydrogen-bond donors (Lipinski definition) is 1. The molecule has 0 unspecified atom stereocenters. The fourth-order valence-corrected chi connectivity index (χ4v) is 2.86. The molecule has 2 aromatic rings. The van der Waals surface area contributed by atoms with E-state index in [9.17, 15) is 4.79 Å². The smallest absolute Gasteiger partial charge is 0.268 e. The minimum atomic E-state index is -0.0654. The molecule has 0 aliphatic heterocycles. The van der Waals surface area contributed by atoms with Gasteiger partial charge in [-0.15, -0.1) is 0 Å². The summed E-state index contributed by atoms with van der Waals surface area (Å²) in [5.41, 5.74) is 1.73. The van der Waals surface area contributed by atoms with Gasteiger partial charge in [0.15, 0.2) is 0 Å². The maximum Gasteiger partial charge on any atom is 0.268 e. The van der Waals surface area contributed by atoms with Crippen molar-refractivity contribution in [2.75, 3.05) is 0 Å². The minimum Gasteiger partial charge on any atom is -0.347 e. The number of nitrogens with zero attached hydrogens (tertiary/aromatic N) is 1. The zero-order valence-corrected chi connectivity index (χ0v) is 14.5. The molecule has 3 nitrogen and oxygen atoms in total. The third kappa shape index (κ3) is 3.73. The third-order valence-electron chi connectivity index (χ3n) is 2.95. The molecule has 1 aromatic carbocycles. The Hall–Kier alpha value is -1.07. The van der Waals surface area contributed by atoms with Gasteiger partial charge in [0.1, 0.15) is 5.69 Å². The molecule has 5 heteroatoms. The highest BCUT2D eigenvalue weighted by Crippen LogP contribution is 2.19. The van der Waals surface area contributed by atoms with Crippen molar-refractivity contribution in [3.05, 3.63) is 56.7 Å². The summed E-state index contributed by atoms with van der Waals surface area (Å²) in [5.74, 6) is -0.0654. The lowest BCUT2D eigenvalue weighted by atomic mass is 10.2. The van der Waals surface area contributed by atoms with E-state index in [0.29, 0.717) is 12.2 Å². The molecule has 0 aliphatic rings. The Bertz CT molecular complexity index is 620. The molecule has 0 bridgehead atoms. The number of benzene rings is 1. The second kappa shape index (κ2) is 6.59. The number of hydrogen-bond acceptors (Lipinski definition) is 1. The molecular weight excluding hydrogens is 384 g/mol. The zero-order chi connectivity index (χ0) is 14.7. The molecule has 0 spiro atoms. The number of halogens is 2. The van der Waals surface area contributed by atoms with Crippen molar-refractivity contribution < 1.29 is 4.79 Å². The second-order valence-corrected chi connectivity index (χ2v) is 6.69. The monoisotopic (exact) mass is 398 g/mol. The Balaban J connectivity index is 2.09. The predicted octanol–water partition coefficient (Wildman–Crippen LogP) is 4.52. The number of aromatic nitrogens is 1. The predicted molar refractivity (Wildman–Crippen MR) is 87.8 cm³/mol. The highest BCUT2D eigenvalue weighted by atomic mass is 79.9. The molecule has 0 aliphatic carbocycles. The van der Waals surface area contributed by atoms with Crippen LogP contribution >= 0.6 is 31.9 Å². The highest BCUT2D eigenvalue weighted by Gasteiger charge is 2.14. The first kappa shape index (κ1) is 15.3. The summed E-state index contributed by atoms with van der Waals surface area (Å²) in [7, 11) is 0. The first-order valence-electron chi connectivity index (χ1n) is 6.37. The van der Waals surface area contributed by atoms with Crippen LogP contribution in [0.5, 0.6) is 0 Å². The molecule has 20 heavy (non-hydrogen) atoms. The van der Waals surface area contributed by atoms with E-state index in [1.807, 2.05) is 41.1 Å². The molecule has 0 atom stereocenters. The van der Waals surface area contributed by atoms with E-state index < -0.39 is 0 Å². The Morgan fingerprint density at radius 3 is 2.65 bits per heavy atom. The fraction of sp³-hybridized carbons (Fsp3) is 0.267. The van der Waals surface area contributed by atoms with Crippen LogP contribution < -0.4 is 5.32 Å². The van der Waals surface area contributed by atoms with Gasteiger partial charge in [-0.05, 0) is 53.5 Å². The summed E-state index contributed by atoms with van der Waals surface area (Å²) in [5, 5.41) is 2.95. The number of carbonyl (C=O) groups excluding carboxylic acids is 1. The van der Waals surface area contributed by atoms with Crippen molar-refractivity contribution >= 4 is 37.8 Å². The fourth-order valence-electron chi connectivity index (χ4n) is 1.97. The SMILES string of the molecule is CC(C)n1cc(Br)cc1C(=O)NCc1cccc(Br)c1. The van der Waals surface area contributed by atoms with Gasteiger partial charge in [0.05, 0.1) is 0 Å². The van der Waals surface area contributed by atoms with Gasteiger partial charge in [-0.3, -0.25) is 4.79 Å². The summed E-state index contributed by atoms with van der Waals surface area (Å²) in [6.07, 6.45) is 1.93. The van der Waals surface area contributed by atoms with Crippen molar-refractivity contribution in [1.29, 1.82) is 0 Å². The van der Waals surface area contributed by atoms with Crippen LogP contribution in [0.2, 0.25) is 0 Å². The largest absolute Gasteiger partial charge is 0.347 e. The molecule has 1 heterocycles. The quantitative estimate of drug-likeness (QED) is 0.805. The normalized spacial score (nSPS) is 10.8. The van der Waals surface area contributed by atoms with E-state index in [1.54, 1.807) is 0 Å². The van der Waals surface area contributed by atoms with Gasteiger partial charge in [0, 0.05) is 27.7 Å². The van der Waals surface area contributed by atoms with Crippen molar-refractivity contribution in [3.63, 3.8) is 0 Å². The van der Waals surface area contributed by atoms with Gasteiger partial charge in [-0.2, -0.15) is 0 Å². The van der Waals surface area contributed by atoms with Crippen molar-refractivity contribution in [2.24, 2.45) is 0 Å². The summed E-state index contributed by atoms with van der Waals surface area (Å²) < 4.78 is 3.89. The van der Waals surface area contributed by atoms with Gasteiger partial charge in [0.25, 0.3) is 5.91 Å². The van der Waals surface area contributed by atoms with Crippen molar-refractivity contribution in [1.82, 2.24) is 9.88 Å². The van der Waals surface area contributed by atoms with Gasteiger partial charge in [0.2, 0.25) is 0 Å². The average Bonchev–Trinajstić information content (AvgIpc) is 2.78. The van der Waals surface area contributed by atoms with E-state index in [2.05, 4.69) is 51.0 Å². The maximum atomic E-state index is 12.3. The van der Waals surface area contributed by atoms with Crippen LogP contribution in [0.25, 0.3) is 0 Å². The summed E-state index contributed by atoms with van der Waals surface area (Å²) in [6, 6.07) is 10.00. The molecule has 1 amide bonds. The molecule has 0 fully saturated rings. The van der Waals surface area contributed by atoms with Crippen LogP contribution in [-0.2, 0) is 6.54 Å². The first-order chi connectivity index (χ1) is 9.47. The van der Waals surface area contributed by atoms with E-state index in [-0.39, 0.29) is 11.9 Å². The van der Waals surface area contributed by atoms with E-state index in [0.717, 1.165) is 14.5 Å². The van der Waals surface area contributed by atoms with E-state index in [1.165, 1.54) is 0 Å². The number of amides is 1. The molecule has 1 aromatic heterocycles. The third-order valence-corrected chi connectivity index (χ3v) is 3.87. The number of rotatable bonds is 4. The molecule has 0 saturated heterocycles. The summed E-state index contributed by atoms with van der Waals surface area (Å²) >= 11 is 6.84. The van der Waals surface area contributed by atoms with Crippen LogP contribution in [0.4, 0.5) is 0 Å². The molecule has 0 radical (unpaired) electrons. The van der Waals surface area contributed by atoms with Crippen LogP contribution in [0.1, 0.15) is 35.9 Å². The van der Waals surface area contributed by atoms with Crippen LogP contribution in [0.3, 0.4) is 0 Å². The Labute approximate surface area is 135 Å². The number of carbonyl (C=O) groups is 1. The van der Waals surface area contributed by atoms with Crippen LogP contribution in [-0.4, -0.2) is 10.5 Å². The standard InChI is InChI=1S/C15H16Br2N2O/c1-10(2)19-9-13(17)7-14(19)15(20)18-8-11-4-3-5-12(16)6-11/h3-7,9-10H,8H2,1-2H3,(H,18,20). The van der Waals surface area contributed by atoms with E-state index in [4.69, 9.17) is 0 Å². The topological polar surface area (TPSA) is 34.0 Å². The lowest BCUT2D eigenvalue weighted by Crippen LogP contribution is -2.25. The van der Waals surface area contributed by atoms with Gasteiger partial charge >= 0.3 is 0 Å². The first-order valence-corrected chi connectivity index (χ1v) is 7.96. The summed E-state index contributed by atoms with van der Waals surface area (Å²) in [4.78, 5) is 12.3. The maximum absolute atomic E-state index is 12.3. The van der Waals surface area contributed by atoms with Gasteiger partial charge in [-0.1, -0.05) is 28.1 Å². The lowest BCUT2D eigenvalue weighted by molar-refractivity contribution is 0.0940. The molecule has 0 saturated carbocycles.